The molecule has 2 fully saturated rings. The zero-order chi connectivity index (χ0) is 10.2. The molecule has 0 radical (unpaired) electrons. The highest BCUT2D eigenvalue weighted by molar-refractivity contribution is 5.77. The summed E-state index contributed by atoms with van der Waals surface area (Å²) in [4.78, 5) is 15.4. The number of nitrogens with zero attached hydrogens (tertiary/aromatic N) is 2. The van der Waals surface area contributed by atoms with Gasteiger partial charge in [0, 0.05) is 25.0 Å². The summed E-state index contributed by atoms with van der Waals surface area (Å²) >= 11 is 0. The second-order valence-corrected chi connectivity index (χ2v) is 4.71. The van der Waals surface area contributed by atoms with E-state index >= 15 is 0 Å². The van der Waals surface area contributed by atoms with Crippen LogP contribution < -0.4 is 0 Å². The number of carbonyl (C=O) groups excluding carboxylic acids is 1. The van der Waals surface area contributed by atoms with Crippen molar-refractivity contribution in [3.8, 4) is 0 Å². The van der Waals surface area contributed by atoms with E-state index in [-0.39, 0.29) is 12.5 Å². The highest BCUT2D eigenvalue weighted by atomic mass is 16.3. The maximum Gasteiger partial charge on any atom is 0.248 e. The Morgan fingerprint density at radius 1 is 1.36 bits per heavy atom. The Morgan fingerprint density at radius 2 is 2.07 bits per heavy atom. The van der Waals surface area contributed by atoms with Gasteiger partial charge in [-0.2, -0.15) is 0 Å². The van der Waals surface area contributed by atoms with Gasteiger partial charge >= 0.3 is 0 Å². The molecule has 0 aromatic rings. The minimum absolute atomic E-state index is 0.114. The lowest BCUT2D eigenvalue weighted by atomic mass is 9.86. The molecule has 0 aliphatic carbocycles. The monoisotopic (exact) mass is 198 g/mol. The quantitative estimate of drug-likeness (QED) is 0.619. The average Bonchev–Trinajstić information content (AvgIpc) is 2.74. The molecule has 80 valence electrons. The lowest BCUT2D eigenvalue weighted by molar-refractivity contribution is -0.133. The highest BCUT2D eigenvalue weighted by Crippen LogP contribution is 2.38. The predicted molar refractivity (Wildman–Crippen MR) is 52.8 cm³/mol. The largest absolute Gasteiger partial charge is 0.387 e. The van der Waals surface area contributed by atoms with Crippen LogP contribution in [0.15, 0.2) is 0 Å². The molecular formula is C10H18N2O2. The molecule has 2 heterocycles. The molecule has 2 rings (SSSR count). The van der Waals surface area contributed by atoms with Crippen molar-refractivity contribution in [1.82, 2.24) is 9.80 Å². The van der Waals surface area contributed by atoms with Crippen molar-refractivity contribution in [3.05, 3.63) is 0 Å². The van der Waals surface area contributed by atoms with E-state index in [1.54, 1.807) is 4.90 Å². The first-order valence-corrected chi connectivity index (χ1v) is 5.22. The van der Waals surface area contributed by atoms with Crippen molar-refractivity contribution in [3.63, 3.8) is 0 Å². The van der Waals surface area contributed by atoms with Gasteiger partial charge < -0.3 is 14.9 Å². The zero-order valence-electron chi connectivity index (χ0n) is 8.70. The van der Waals surface area contributed by atoms with Crippen LogP contribution in [0.4, 0.5) is 0 Å². The second kappa shape index (κ2) is 3.51. The molecule has 2 aliphatic heterocycles. The lowest BCUT2D eigenvalue weighted by Gasteiger charge is -2.23. The summed E-state index contributed by atoms with van der Waals surface area (Å²) in [6.45, 7) is 3.57. The molecule has 2 saturated heterocycles. The highest BCUT2D eigenvalue weighted by Gasteiger charge is 2.43. The van der Waals surface area contributed by atoms with E-state index in [4.69, 9.17) is 5.11 Å². The number of likely N-dealkylation sites (tertiary alicyclic amines) is 2. The van der Waals surface area contributed by atoms with Gasteiger partial charge in [-0.25, -0.2) is 0 Å². The van der Waals surface area contributed by atoms with Crippen molar-refractivity contribution in [2.45, 2.75) is 12.8 Å². The number of hydrogen-bond donors (Lipinski definition) is 1. The fourth-order valence-electron chi connectivity index (χ4n) is 2.74. The molecule has 0 aromatic carbocycles. The minimum atomic E-state index is -0.341. The van der Waals surface area contributed by atoms with Crippen LogP contribution in [-0.2, 0) is 4.79 Å². The van der Waals surface area contributed by atoms with Crippen molar-refractivity contribution in [2.24, 2.45) is 5.41 Å². The summed E-state index contributed by atoms with van der Waals surface area (Å²) in [5.74, 6) is -0.114. The number of aliphatic hydroxyl groups is 1. The van der Waals surface area contributed by atoms with Gasteiger partial charge in [0.25, 0.3) is 0 Å². The van der Waals surface area contributed by atoms with Crippen LogP contribution in [0.1, 0.15) is 12.8 Å². The van der Waals surface area contributed by atoms with Gasteiger partial charge in [-0.05, 0) is 26.4 Å². The van der Waals surface area contributed by atoms with E-state index in [1.165, 1.54) is 6.42 Å². The summed E-state index contributed by atoms with van der Waals surface area (Å²) in [5.41, 5.74) is 0.333. The van der Waals surface area contributed by atoms with E-state index in [9.17, 15) is 4.79 Å². The SMILES string of the molecule is CN1CCC2(CCN(C(=O)CO)C2)C1. The Hall–Kier alpha value is -0.610. The number of carbonyl (C=O) groups is 1. The first kappa shape index (κ1) is 9.93. The van der Waals surface area contributed by atoms with E-state index in [2.05, 4.69) is 11.9 Å². The molecule has 1 spiro atoms. The molecule has 1 N–H and O–H groups in total. The smallest absolute Gasteiger partial charge is 0.248 e. The molecule has 0 saturated carbocycles. The first-order valence-electron chi connectivity index (χ1n) is 5.22. The van der Waals surface area contributed by atoms with Gasteiger partial charge in [0.15, 0.2) is 0 Å². The molecule has 0 bridgehead atoms. The molecule has 0 aromatic heterocycles. The van der Waals surface area contributed by atoms with Gasteiger partial charge in [0.05, 0.1) is 0 Å². The summed E-state index contributed by atoms with van der Waals surface area (Å²) in [6.07, 6.45) is 2.29. The zero-order valence-corrected chi connectivity index (χ0v) is 8.70. The third-order valence-corrected chi connectivity index (χ3v) is 3.56. The van der Waals surface area contributed by atoms with Gasteiger partial charge in [-0.3, -0.25) is 4.79 Å². The van der Waals surface area contributed by atoms with Crippen LogP contribution in [0, 0.1) is 5.41 Å². The summed E-state index contributed by atoms with van der Waals surface area (Å²) < 4.78 is 0. The van der Waals surface area contributed by atoms with Gasteiger partial charge in [-0.1, -0.05) is 0 Å². The average molecular weight is 198 g/mol. The van der Waals surface area contributed by atoms with Crippen LogP contribution >= 0.6 is 0 Å². The molecule has 4 nitrogen and oxygen atoms in total. The summed E-state index contributed by atoms with van der Waals surface area (Å²) in [5, 5.41) is 8.78. The second-order valence-electron chi connectivity index (χ2n) is 4.71. The summed E-state index contributed by atoms with van der Waals surface area (Å²) in [6, 6.07) is 0. The molecule has 1 amide bonds. The molecular weight excluding hydrogens is 180 g/mol. The van der Waals surface area contributed by atoms with Crippen molar-refractivity contribution >= 4 is 5.91 Å². The van der Waals surface area contributed by atoms with Crippen LogP contribution in [0.25, 0.3) is 0 Å². The van der Waals surface area contributed by atoms with Crippen LogP contribution in [0.2, 0.25) is 0 Å². The van der Waals surface area contributed by atoms with E-state index in [0.717, 1.165) is 32.6 Å². The van der Waals surface area contributed by atoms with Crippen LogP contribution in [-0.4, -0.2) is 60.6 Å². The third-order valence-electron chi connectivity index (χ3n) is 3.56. The minimum Gasteiger partial charge on any atom is -0.387 e. The topological polar surface area (TPSA) is 43.8 Å². The maximum absolute atomic E-state index is 11.3. The van der Waals surface area contributed by atoms with Crippen LogP contribution in [0.3, 0.4) is 0 Å². The Labute approximate surface area is 84.5 Å². The fourth-order valence-corrected chi connectivity index (χ4v) is 2.74. The molecule has 1 atom stereocenters. The molecule has 1 unspecified atom stereocenters. The van der Waals surface area contributed by atoms with Crippen molar-refractivity contribution < 1.29 is 9.90 Å². The Balaban J connectivity index is 1.97. The standard InChI is InChI=1S/C10H18N2O2/c1-11-4-2-10(7-11)3-5-12(8-10)9(14)6-13/h13H,2-8H2,1H3. The van der Waals surface area contributed by atoms with Gasteiger partial charge in [0.2, 0.25) is 5.91 Å². The number of aliphatic hydroxyl groups excluding tert-OH is 1. The number of hydrogen-bond acceptors (Lipinski definition) is 3. The molecule has 2 aliphatic rings. The Morgan fingerprint density at radius 3 is 2.64 bits per heavy atom. The lowest BCUT2D eigenvalue weighted by Crippen LogP contribution is -2.34. The molecule has 14 heavy (non-hydrogen) atoms. The maximum atomic E-state index is 11.3. The van der Waals surface area contributed by atoms with Crippen LogP contribution in [0.5, 0.6) is 0 Å². The van der Waals surface area contributed by atoms with E-state index in [0.29, 0.717) is 5.41 Å². The number of amides is 1. The van der Waals surface area contributed by atoms with E-state index in [1.807, 2.05) is 0 Å². The Bertz CT molecular complexity index is 244. The Kier molecular flexibility index (Phi) is 2.49. The van der Waals surface area contributed by atoms with E-state index < -0.39 is 0 Å². The van der Waals surface area contributed by atoms with Crippen molar-refractivity contribution in [1.29, 1.82) is 0 Å². The van der Waals surface area contributed by atoms with Gasteiger partial charge in [-0.15, -0.1) is 0 Å². The third kappa shape index (κ3) is 1.64. The van der Waals surface area contributed by atoms with Gasteiger partial charge in [0.1, 0.15) is 6.61 Å². The summed E-state index contributed by atoms with van der Waals surface area (Å²) in [7, 11) is 2.13. The predicted octanol–water partition coefficient (Wildman–Crippen LogP) is -0.467. The first-order chi connectivity index (χ1) is 6.65. The fraction of sp³-hybridized carbons (Fsp3) is 0.900. The molecule has 4 heteroatoms. The number of rotatable bonds is 1. The normalized spacial score (nSPS) is 33.1. The van der Waals surface area contributed by atoms with Crippen molar-refractivity contribution in [2.75, 3.05) is 39.8 Å².